The Kier molecular flexibility index (Phi) is 4.83. The van der Waals surface area contributed by atoms with Gasteiger partial charge < -0.3 is 5.73 Å². The summed E-state index contributed by atoms with van der Waals surface area (Å²) in [7, 11) is 0. The fourth-order valence-corrected chi connectivity index (χ4v) is 1.55. The van der Waals surface area contributed by atoms with E-state index in [0.29, 0.717) is 5.70 Å². The zero-order chi connectivity index (χ0) is 9.97. The van der Waals surface area contributed by atoms with Gasteiger partial charge in [0.1, 0.15) is 0 Å². The molecular formula is C13H12AcN-. The van der Waals surface area contributed by atoms with Crippen molar-refractivity contribution in [2.24, 2.45) is 0 Å². The molecule has 73 valence electrons. The van der Waals surface area contributed by atoms with Gasteiger partial charge in [0, 0.05) is 44.1 Å². The Morgan fingerprint density at radius 1 is 1.07 bits per heavy atom. The fourth-order valence-electron chi connectivity index (χ4n) is 1.55. The van der Waals surface area contributed by atoms with Gasteiger partial charge in [-0.25, -0.2) is 0 Å². The topological polar surface area (TPSA) is 23.8 Å². The van der Waals surface area contributed by atoms with Crippen molar-refractivity contribution in [3.63, 3.8) is 0 Å². The number of rotatable bonds is 1. The van der Waals surface area contributed by atoms with E-state index in [1.165, 1.54) is 10.8 Å². The van der Waals surface area contributed by atoms with Gasteiger partial charge in [-0.2, -0.15) is 5.70 Å². The standard InChI is InChI=1S/C13H12N.Ac/c1-10(14)8-11-6-7-12-4-2-3-5-13(12)9-11;/h2-9,14H,1H3;/q-1;/b10-8+;. The van der Waals surface area contributed by atoms with Gasteiger partial charge in [0.05, 0.1) is 0 Å². The molecule has 0 amide bonds. The molecule has 0 saturated heterocycles. The molecule has 2 aromatic carbocycles. The van der Waals surface area contributed by atoms with Crippen LogP contribution in [0.4, 0.5) is 0 Å². The van der Waals surface area contributed by atoms with Crippen molar-refractivity contribution in [3.05, 3.63) is 59.5 Å². The first-order valence-electron chi connectivity index (χ1n) is 4.64. The van der Waals surface area contributed by atoms with E-state index in [1.807, 2.05) is 24.3 Å². The van der Waals surface area contributed by atoms with Crippen LogP contribution >= 0.6 is 0 Å². The van der Waals surface area contributed by atoms with Crippen LogP contribution in [-0.4, -0.2) is 0 Å². The third kappa shape index (κ3) is 3.33. The smallest absolute Gasteiger partial charge is 0 e. The molecule has 15 heavy (non-hydrogen) atoms. The van der Waals surface area contributed by atoms with E-state index in [1.54, 1.807) is 6.92 Å². The molecule has 2 rings (SSSR count). The van der Waals surface area contributed by atoms with Crippen LogP contribution in [0, 0.1) is 44.1 Å². The van der Waals surface area contributed by atoms with Gasteiger partial charge in [-0.15, -0.1) is 0 Å². The molecule has 2 heteroatoms. The largest absolute Gasteiger partial charge is 0.702 e. The Balaban J connectivity index is 0.00000112. The van der Waals surface area contributed by atoms with Crippen LogP contribution in [0.15, 0.2) is 48.2 Å². The monoisotopic (exact) mass is 409 g/mol. The van der Waals surface area contributed by atoms with Crippen LogP contribution in [0.1, 0.15) is 12.5 Å². The third-order valence-electron chi connectivity index (χ3n) is 2.16. The Bertz CT molecular complexity index is 485. The summed E-state index contributed by atoms with van der Waals surface area (Å²) in [5.74, 6) is 0. The molecule has 0 fully saturated rings. The number of hydrogen-bond acceptors (Lipinski definition) is 0. The molecule has 0 atom stereocenters. The predicted molar refractivity (Wildman–Crippen MR) is 61.9 cm³/mol. The summed E-state index contributed by atoms with van der Waals surface area (Å²) in [6.45, 7) is 1.79. The van der Waals surface area contributed by atoms with Gasteiger partial charge in [0.25, 0.3) is 0 Å². The van der Waals surface area contributed by atoms with E-state index < -0.39 is 0 Å². The molecule has 1 nitrogen and oxygen atoms in total. The minimum absolute atomic E-state index is 0. The third-order valence-corrected chi connectivity index (χ3v) is 2.16. The average molecular weight is 409 g/mol. The second-order valence-electron chi connectivity index (χ2n) is 3.43. The minimum atomic E-state index is 0. The molecule has 0 aliphatic carbocycles. The van der Waals surface area contributed by atoms with Crippen molar-refractivity contribution in [3.8, 4) is 0 Å². The summed E-state index contributed by atoms with van der Waals surface area (Å²) in [4.78, 5) is 0. The van der Waals surface area contributed by atoms with Gasteiger partial charge in [0.2, 0.25) is 0 Å². The molecule has 1 radical (unpaired) electrons. The maximum absolute atomic E-state index is 7.38. The van der Waals surface area contributed by atoms with E-state index >= 15 is 0 Å². The number of benzene rings is 2. The van der Waals surface area contributed by atoms with Crippen LogP contribution in [-0.2, 0) is 0 Å². The van der Waals surface area contributed by atoms with E-state index in [-0.39, 0.29) is 44.1 Å². The summed E-state index contributed by atoms with van der Waals surface area (Å²) < 4.78 is 0. The summed E-state index contributed by atoms with van der Waals surface area (Å²) in [5, 5.41) is 2.47. The van der Waals surface area contributed by atoms with Crippen LogP contribution in [0.2, 0.25) is 0 Å². The van der Waals surface area contributed by atoms with Gasteiger partial charge in [-0.1, -0.05) is 49.4 Å². The molecule has 0 saturated carbocycles. The van der Waals surface area contributed by atoms with E-state index in [4.69, 9.17) is 5.73 Å². The first-order valence-corrected chi connectivity index (χ1v) is 4.64. The maximum atomic E-state index is 7.38. The second kappa shape index (κ2) is 5.68. The second-order valence-corrected chi connectivity index (χ2v) is 3.43. The Morgan fingerprint density at radius 3 is 2.40 bits per heavy atom. The zero-order valence-corrected chi connectivity index (χ0v) is 13.4. The molecule has 0 aliphatic heterocycles. The molecule has 2 aromatic rings. The molecule has 1 N–H and O–H groups in total. The van der Waals surface area contributed by atoms with Crippen LogP contribution in [0.5, 0.6) is 0 Å². The van der Waals surface area contributed by atoms with E-state index in [9.17, 15) is 0 Å². The number of allylic oxidation sites excluding steroid dienone is 1. The van der Waals surface area contributed by atoms with Crippen molar-refractivity contribution in [1.29, 1.82) is 0 Å². The molecular weight excluding hydrogens is 397 g/mol. The number of fused-ring (bicyclic) bond motifs is 1. The van der Waals surface area contributed by atoms with Crippen LogP contribution < -0.4 is 0 Å². The maximum Gasteiger partial charge on any atom is 0 e. The van der Waals surface area contributed by atoms with Crippen molar-refractivity contribution >= 4 is 16.8 Å². The first-order chi connectivity index (χ1) is 6.75. The van der Waals surface area contributed by atoms with Crippen LogP contribution in [0.3, 0.4) is 0 Å². The summed E-state index contributed by atoms with van der Waals surface area (Å²) >= 11 is 0. The average Bonchev–Trinajstić information content (AvgIpc) is 2.17. The van der Waals surface area contributed by atoms with Crippen molar-refractivity contribution in [2.45, 2.75) is 6.92 Å². The van der Waals surface area contributed by atoms with Gasteiger partial charge in [0.15, 0.2) is 0 Å². The van der Waals surface area contributed by atoms with Gasteiger partial charge in [-0.05, 0) is 22.4 Å². The van der Waals surface area contributed by atoms with Gasteiger partial charge >= 0.3 is 0 Å². The van der Waals surface area contributed by atoms with Gasteiger partial charge in [-0.3, -0.25) is 0 Å². The molecule has 0 spiro atoms. The number of hydrogen-bond donors (Lipinski definition) is 0. The summed E-state index contributed by atoms with van der Waals surface area (Å²) in [5.41, 5.74) is 9.06. The van der Waals surface area contributed by atoms with Crippen molar-refractivity contribution < 1.29 is 44.1 Å². The fraction of sp³-hybridized carbons (Fsp3) is 0.0769. The van der Waals surface area contributed by atoms with Crippen LogP contribution in [0.25, 0.3) is 22.6 Å². The normalized spacial score (nSPS) is 11.1. The Labute approximate surface area is 126 Å². The van der Waals surface area contributed by atoms with E-state index in [2.05, 4.69) is 24.3 Å². The minimum Gasteiger partial charge on any atom is -0.702 e. The Morgan fingerprint density at radius 2 is 1.73 bits per heavy atom. The molecule has 0 unspecified atom stereocenters. The first kappa shape index (κ1) is 12.7. The quantitative estimate of drug-likeness (QED) is 0.673. The molecule has 0 bridgehead atoms. The molecule has 0 aromatic heterocycles. The molecule has 0 aliphatic rings. The number of nitrogens with one attached hydrogen (secondary N) is 1. The SMILES string of the molecule is C/C([NH-])=C\c1ccc2ccccc2c1.[Ac]. The zero-order valence-electron chi connectivity index (χ0n) is 8.70. The predicted octanol–water partition coefficient (Wildman–Crippen LogP) is 4.25. The van der Waals surface area contributed by atoms with E-state index in [0.717, 1.165) is 5.56 Å². The summed E-state index contributed by atoms with van der Waals surface area (Å²) in [6, 6.07) is 14.5. The molecule has 0 heterocycles. The summed E-state index contributed by atoms with van der Waals surface area (Å²) in [6.07, 6.45) is 1.87. The van der Waals surface area contributed by atoms with Crippen molar-refractivity contribution in [1.82, 2.24) is 0 Å². The van der Waals surface area contributed by atoms with Crippen molar-refractivity contribution in [2.75, 3.05) is 0 Å². The Hall–Kier alpha value is -0.318.